The first-order valence-corrected chi connectivity index (χ1v) is 12.1. The van der Waals surface area contributed by atoms with Crippen LogP contribution in [0.1, 0.15) is 56.5 Å². The Bertz CT molecular complexity index is 807. The topological polar surface area (TPSA) is 59.0 Å². The van der Waals surface area contributed by atoms with E-state index in [1.54, 1.807) is 0 Å². The van der Waals surface area contributed by atoms with E-state index in [2.05, 4.69) is 41.1 Å². The second kappa shape index (κ2) is 10.4. The number of hydrogen-bond donors (Lipinski definition) is 2. The summed E-state index contributed by atoms with van der Waals surface area (Å²) < 4.78 is 18.0. The highest BCUT2D eigenvalue weighted by molar-refractivity contribution is 7.86. The van der Waals surface area contributed by atoms with E-state index in [9.17, 15) is 4.21 Å². The van der Waals surface area contributed by atoms with E-state index in [-0.39, 0.29) is 0 Å². The molecule has 1 fully saturated rings. The lowest BCUT2D eigenvalue weighted by molar-refractivity contribution is 0.347. The zero-order valence-electron chi connectivity index (χ0n) is 18.3. The highest BCUT2D eigenvalue weighted by atomic mass is 32.2. The Labute approximate surface area is 178 Å². The van der Waals surface area contributed by atoms with Gasteiger partial charge >= 0.3 is 0 Å². The molecule has 160 valence electrons. The van der Waals surface area contributed by atoms with Crippen LogP contribution in [0.25, 0.3) is 0 Å². The van der Waals surface area contributed by atoms with Crippen molar-refractivity contribution in [1.29, 1.82) is 0 Å². The van der Waals surface area contributed by atoms with Crippen molar-refractivity contribution in [3.8, 4) is 0 Å². The summed E-state index contributed by atoms with van der Waals surface area (Å²) in [6.45, 7) is 8.71. The highest BCUT2D eigenvalue weighted by Gasteiger charge is 2.17. The van der Waals surface area contributed by atoms with Crippen LogP contribution in [0.4, 0.5) is 5.69 Å². The maximum Gasteiger partial charge on any atom is 0.150 e. The van der Waals surface area contributed by atoms with Crippen molar-refractivity contribution in [3.63, 3.8) is 0 Å². The Morgan fingerprint density at radius 3 is 2.59 bits per heavy atom. The number of nitrogens with one attached hydrogen (secondary N) is 2. The predicted molar refractivity (Wildman–Crippen MR) is 121 cm³/mol. The zero-order chi connectivity index (χ0) is 20.8. The predicted octanol–water partition coefficient (Wildman–Crippen LogP) is 4.38. The summed E-state index contributed by atoms with van der Waals surface area (Å²) in [6.07, 6.45) is 7.16. The second-order valence-electron chi connectivity index (χ2n) is 8.73. The molecule has 0 spiro atoms. The van der Waals surface area contributed by atoms with Crippen LogP contribution in [0.15, 0.2) is 29.2 Å². The van der Waals surface area contributed by atoms with E-state index >= 15 is 0 Å². The van der Waals surface area contributed by atoms with Gasteiger partial charge in [-0.05, 0) is 81.6 Å². The summed E-state index contributed by atoms with van der Waals surface area (Å²) in [5.41, 5.74) is 4.25. The minimum absolute atomic E-state index is 0.502. The van der Waals surface area contributed by atoms with Crippen molar-refractivity contribution in [2.45, 2.75) is 64.2 Å². The first-order chi connectivity index (χ1) is 13.9. The molecule has 1 aromatic carbocycles. The molecule has 1 aliphatic rings. The third-order valence-corrected chi connectivity index (χ3v) is 6.97. The molecule has 0 aliphatic carbocycles. The number of aromatic nitrogens is 2. The fourth-order valence-electron chi connectivity index (χ4n) is 4.04. The first-order valence-electron chi connectivity index (χ1n) is 10.9. The summed E-state index contributed by atoms with van der Waals surface area (Å²) in [5, 5.41) is 8.03. The number of benzene rings is 1. The number of piperidine rings is 1. The Hall–Kier alpha value is -1.66. The van der Waals surface area contributed by atoms with E-state index in [0.717, 1.165) is 40.7 Å². The van der Waals surface area contributed by atoms with Gasteiger partial charge in [0.2, 0.25) is 0 Å². The zero-order valence-corrected chi connectivity index (χ0v) is 19.1. The van der Waals surface area contributed by atoms with Gasteiger partial charge in [0.15, 0.2) is 0 Å². The minimum Gasteiger partial charge on any atom is -0.317 e. The van der Waals surface area contributed by atoms with Crippen LogP contribution in [0.3, 0.4) is 0 Å². The van der Waals surface area contributed by atoms with Gasteiger partial charge in [-0.2, -0.15) is 5.10 Å². The summed E-state index contributed by atoms with van der Waals surface area (Å²) >= 11 is 0. The van der Waals surface area contributed by atoms with E-state index in [1.165, 1.54) is 44.3 Å². The SMILES string of the molecule is Cc1c(NS(=O)c2ccc(CCCC3CCNCC3)cc2)c(CC(C)C)nn1C. The molecule has 1 saturated heterocycles. The van der Waals surface area contributed by atoms with Crippen LogP contribution in [-0.2, 0) is 30.9 Å². The van der Waals surface area contributed by atoms with Crippen LogP contribution >= 0.6 is 0 Å². The Morgan fingerprint density at radius 1 is 1.24 bits per heavy atom. The second-order valence-corrected chi connectivity index (χ2v) is 9.94. The molecule has 0 saturated carbocycles. The molecule has 2 aromatic rings. The number of nitrogens with zero attached hydrogens (tertiary/aromatic N) is 2. The van der Waals surface area contributed by atoms with Gasteiger partial charge in [-0.1, -0.05) is 32.4 Å². The molecule has 1 aromatic heterocycles. The molecular weight excluding hydrogens is 380 g/mol. The average Bonchev–Trinajstić information content (AvgIpc) is 2.96. The Kier molecular flexibility index (Phi) is 7.90. The molecule has 6 heteroatoms. The number of hydrogen-bond acceptors (Lipinski definition) is 3. The normalized spacial score (nSPS) is 16.3. The van der Waals surface area contributed by atoms with Gasteiger partial charge in [-0.25, -0.2) is 4.21 Å². The number of aryl methyl sites for hydroxylation is 2. The van der Waals surface area contributed by atoms with Gasteiger partial charge in [-0.15, -0.1) is 0 Å². The van der Waals surface area contributed by atoms with E-state index in [0.29, 0.717) is 5.92 Å². The maximum absolute atomic E-state index is 12.9. The standard InChI is InChI=1S/C23H36N4OS/c1-17(2)16-22-23(18(3)27(4)25-22)26-29(28)21-10-8-19(9-11-21)6-5-7-20-12-14-24-15-13-20/h8-11,17,20,24,26H,5-7,12-16H2,1-4H3. The molecule has 1 aliphatic heterocycles. The highest BCUT2D eigenvalue weighted by Crippen LogP contribution is 2.25. The molecule has 1 unspecified atom stereocenters. The molecule has 1 atom stereocenters. The number of rotatable bonds is 9. The van der Waals surface area contributed by atoms with Gasteiger partial charge in [0.25, 0.3) is 0 Å². The van der Waals surface area contributed by atoms with Crippen molar-refractivity contribution in [2.24, 2.45) is 18.9 Å². The van der Waals surface area contributed by atoms with E-state index in [1.807, 2.05) is 30.8 Å². The monoisotopic (exact) mass is 416 g/mol. The van der Waals surface area contributed by atoms with Crippen molar-refractivity contribution in [1.82, 2.24) is 15.1 Å². The summed E-state index contributed by atoms with van der Waals surface area (Å²) in [7, 11) is 0.652. The summed E-state index contributed by atoms with van der Waals surface area (Å²) in [4.78, 5) is 0.811. The summed E-state index contributed by atoms with van der Waals surface area (Å²) in [5.74, 6) is 1.39. The smallest absolute Gasteiger partial charge is 0.150 e. The fraction of sp³-hybridized carbons (Fsp3) is 0.609. The molecule has 2 heterocycles. The van der Waals surface area contributed by atoms with Gasteiger partial charge in [0.05, 0.1) is 22.0 Å². The van der Waals surface area contributed by atoms with Crippen LogP contribution in [0.2, 0.25) is 0 Å². The molecule has 0 radical (unpaired) electrons. The van der Waals surface area contributed by atoms with Crippen molar-refractivity contribution >= 4 is 16.7 Å². The van der Waals surface area contributed by atoms with Gasteiger partial charge in [0, 0.05) is 7.05 Å². The van der Waals surface area contributed by atoms with Crippen LogP contribution in [0, 0.1) is 18.8 Å². The van der Waals surface area contributed by atoms with Gasteiger partial charge in [-0.3, -0.25) is 9.40 Å². The lowest BCUT2D eigenvalue weighted by atomic mass is 9.92. The molecule has 0 bridgehead atoms. The Balaban J connectivity index is 1.56. The molecule has 3 rings (SSSR count). The van der Waals surface area contributed by atoms with Crippen molar-refractivity contribution in [2.75, 3.05) is 17.8 Å². The molecule has 0 amide bonds. The lowest BCUT2D eigenvalue weighted by Gasteiger charge is -2.22. The average molecular weight is 417 g/mol. The first kappa shape index (κ1) is 22.0. The number of anilines is 1. The third kappa shape index (κ3) is 6.16. The van der Waals surface area contributed by atoms with Gasteiger partial charge in [0.1, 0.15) is 11.0 Å². The lowest BCUT2D eigenvalue weighted by Crippen LogP contribution is -2.27. The van der Waals surface area contributed by atoms with Crippen molar-refractivity contribution in [3.05, 3.63) is 41.2 Å². The van der Waals surface area contributed by atoms with Crippen LogP contribution < -0.4 is 10.0 Å². The largest absolute Gasteiger partial charge is 0.317 e. The van der Waals surface area contributed by atoms with Crippen molar-refractivity contribution < 1.29 is 4.21 Å². The van der Waals surface area contributed by atoms with Gasteiger partial charge < -0.3 is 5.32 Å². The molecule has 5 nitrogen and oxygen atoms in total. The van der Waals surface area contributed by atoms with Crippen LogP contribution in [-0.4, -0.2) is 27.1 Å². The quantitative estimate of drug-likeness (QED) is 0.638. The minimum atomic E-state index is -1.28. The maximum atomic E-state index is 12.9. The van der Waals surface area contributed by atoms with E-state index in [4.69, 9.17) is 0 Å². The molecule has 2 N–H and O–H groups in total. The Morgan fingerprint density at radius 2 is 1.93 bits per heavy atom. The molecular formula is C23H36N4OS. The molecule has 29 heavy (non-hydrogen) atoms. The summed E-state index contributed by atoms with van der Waals surface area (Å²) in [6, 6.07) is 8.25. The van der Waals surface area contributed by atoms with E-state index < -0.39 is 11.0 Å². The third-order valence-electron chi connectivity index (χ3n) is 5.88. The fourth-order valence-corrected chi connectivity index (χ4v) is 4.99. The van der Waals surface area contributed by atoms with Crippen LogP contribution in [0.5, 0.6) is 0 Å².